The minimum atomic E-state index is -0.938. The summed E-state index contributed by atoms with van der Waals surface area (Å²) in [7, 11) is 2.05. The number of carbonyl (C=O) groups is 1. The summed E-state index contributed by atoms with van der Waals surface area (Å²) < 4.78 is 0. The maximum atomic E-state index is 10.7. The second kappa shape index (κ2) is 6.47. The summed E-state index contributed by atoms with van der Waals surface area (Å²) in [6.45, 7) is 5.46. The van der Waals surface area contributed by atoms with E-state index in [9.17, 15) is 9.90 Å². The molecule has 1 unspecified atom stereocenters. The number of piperazine rings is 1. The van der Waals surface area contributed by atoms with Crippen LogP contribution in [-0.4, -0.2) is 55.0 Å². The molecule has 0 N–H and O–H groups in total. The Kier molecular flexibility index (Phi) is 6.46. The molecule has 1 saturated heterocycles. The molecule has 76 valence electrons. The zero-order valence-electron chi connectivity index (χ0n) is 9.32. The Balaban J connectivity index is 0.00000169. The van der Waals surface area contributed by atoms with Gasteiger partial charge in [0.25, 0.3) is 0 Å². The van der Waals surface area contributed by atoms with Gasteiger partial charge >= 0.3 is 18.9 Å². The van der Waals surface area contributed by atoms with Crippen LogP contribution in [0.5, 0.6) is 0 Å². The Morgan fingerprint density at radius 3 is 2.21 bits per heavy atom. The summed E-state index contributed by atoms with van der Waals surface area (Å²) in [5.41, 5.74) is 0. The minimum Gasteiger partial charge on any atom is -0.548 e. The van der Waals surface area contributed by atoms with Gasteiger partial charge < -0.3 is 14.8 Å². The standard InChI is InChI=1S/C9H18N2O2.Li/c1-3-8(9(12)13)11-6-4-10(2)5-7-11;/h8H,3-7H2,1-2H3,(H,12,13);/q;+1/p-1. The fraction of sp³-hybridized carbons (Fsp3) is 0.889. The molecule has 0 spiro atoms. The molecule has 0 amide bonds. The molecule has 0 saturated carbocycles. The Morgan fingerprint density at radius 1 is 1.36 bits per heavy atom. The Hall–Kier alpha value is -0.0126. The van der Waals surface area contributed by atoms with Crippen molar-refractivity contribution in [3.63, 3.8) is 0 Å². The van der Waals surface area contributed by atoms with Crippen LogP contribution >= 0.6 is 0 Å². The van der Waals surface area contributed by atoms with Crippen molar-refractivity contribution in [2.24, 2.45) is 0 Å². The van der Waals surface area contributed by atoms with Crippen molar-refractivity contribution in [1.29, 1.82) is 0 Å². The fourth-order valence-electron chi connectivity index (χ4n) is 1.71. The van der Waals surface area contributed by atoms with Gasteiger partial charge in [0.15, 0.2) is 0 Å². The van der Waals surface area contributed by atoms with Gasteiger partial charge in [-0.2, -0.15) is 0 Å². The predicted octanol–water partition coefficient (Wildman–Crippen LogP) is -4.23. The molecule has 5 heteroatoms. The van der Waals surface area contributed by atoms with Crippen LogP contribution in [0, 0.1) is 0 Å². The monoisotopic (exact) mass is 192 g/mol. The zero-order valence-corrected chi connectivity index (χ0v) is 9.32. The molecule has 1 heterocycles. The van der Waals surface area contributed by atoms with Gasteiger partial charge in [-0.15, -0.1) is 0 Å². The van der Waals surface area contributed by atoms with Crippen LogP contribution in [0.4, 0.5) is 0 Å². The van der Waals surface area contributed by atoms with Crippen molar-refractivity contribution in [2.75, 3.05) is 33.2 Å². The van der Waals surface area contributed by atoms with Crippen LogP contribution < -0.4 is 24.0 Å². The molecule has 0 aromatic carbocycles. The van der Waals surface area contributed by atoms with Gasteiger partial charge in [-0.05, 0) is 13.5 Å². The van der Waals surface area contributed by atoms with E-state index in [1.54, 1.807) is 0 Å². The van der Waals surface area contributed by atoms with E-state index in [1.165, 1.54) is 0 Å². The molecular weight excluding hydrogens is 175 g/mol. The summed E-state index contributed by atoms with van der Waals surface area (Å²) in [6, 6.07) is -0.395. The van der Waals surface area contributed by atoms with E-state index >= 15 is 0 Å². The van der Waals surface area contributed by atoms with E-state index in [2.05, 4.69) is 11.9 Å². The SMILES string of the molecule is CCC(C(=O)[O-])N1CCN(C)CC1.[Li+]. The Morgan fingerprint density at radius 2 is 1.86 bits per heavy atom. The number of hydrogen-bond acceptors (Lipinski definition) is 4. The van der Waals surface area contributed by atoms with Crippen molar-refractivity contribution < 1.29 is 28.8 Å². The number of rotatable bonds is 3. The average Bonchev–Trinajstić information content (AvgIpc) is 2.09. The van der Waals surface area contributed by atoms with Crippen molar-refractivity contribution >= 4 is 5.97 Å². The molecule has 0 aromatic rings. The van der Waals surface area contributed by atoms with Crippen molar-refractivity contribution in [2.45, 2.75) is 19.4 Å². The minimum absolute atomic E-state index is 0. The second-order valence-corrected chi connectivity index (χ2v) is 3.58. The van der Waals surface area contributed by atoms with Gasteiger partial charge in [0, 0.05) is 32.2 Å². The number of carboxylic acids is 1. The molecule has 1 aliphatic rings. The topological polar surface area (TPSA) is 46.6 Å². The molecule has 1 rings (SSSR count). The zero-order chi connectivity index (χ0) is 9.84. The number of likely N-dealkylation sites (N-methyl/N-ethyl adjacent to an activating group) is 1. The van der Waals surface area contributed by atoms with Crippen molar-refractivity contribution in [1.82, 2.24) is 9.80 Å². The average molecular weight is 192 g/mol. The van der Waals surface area contributed by atoms with Crippen LogP contribution in [-0.2, 0) is 4.79 Å². The third-order valence-corrected chi connectivity index (χ3v) is 2.64. The quantitative estimate of drug-likeness (QED) is 0.425. The molecule has 14 heavy (non-hydrogen) atoms. The normalized spacial score (nSPS) is 21.3. The maximum absolute atomic E-state index is 10.7. The summed E-state index contributed by atoms with van der Waals surface area (Å²) in [5.74, 6) is -0.938. The summed E-state index contributed by atoms with van der Waals surface area (Å²) in [6.07, 6.45) is 0.631. The number of hydrogen-bond donors (Lipinski definition) is 0. The maximum Gasteiger partial charge on any atom is 1.00 e. The third kappa shape index (κ3) is 3.62. The van der Waals surface area contributed by atoms with Gasteiger partial charge in [0.2, 0.25) is 0 Å². The molecule has 1 fully saturated rings. The number of carbonyl (C=O) groups excluding carboxylic acids is 1. The summed E-state index contributed by atoms with van der Waals surface area (Å²) in [4.78, 5) is 14.9. The fourth-order valence-corrected chi connectivity index (χ4v) is 1.71. The van der Waals surface area contributed by atoms with Crippen LogP contribution in [0.15, 0.2) is 0 Å². The first-order chi connectivity index (χ1) is 6.15. The number of aliphatic carboxylic acids is 1. The van der Waals surface area contributed by atoms with Gasteiger partial charge in [-0.25, -0.2) is 0 Å². The number of carboxylic acid groups (broad SMARTS) is 1. The molecule has 4 nitrogen and oxygen atoms in total. The molecule has 0 aliphatic carbocycles. The molecular formula is C9H17LiN2O2. The Bertz CT molecular complexity index is 182. The molecule has 0 aromatic heterocycles. The van der Waals surface area contributed by atoms with Gasteiger partial charge in [-0.3, -0.25) is 4.90 Å². The van der Waals surface area contributed by atoms with Gasteiger partial charge in [-0.1, -0.05) is 6.92 Å². The van der Waals surface area contributed by atoms with Gasteiger partial charge in [0.1, 0.15) is 0 Å². The smallest absolute Gasteiger partial charge is 0.548 e. The first kappa shape index (κ1) is 14.0. The molecule has 1 atom stereocenters. The molecule has 0 radical (unpaired) electrons. The van der Waals surface area contributed by atoms with Crippen molar-refractivity contribution in [3.8, 4) is 0 Å². The third-order valence-electron chi connectivity index (χ3n) is 2.64. The summed E-state index contributed by atoms with van der Waals surface area (Å²) in [5, 5.41) is 10.7. The van der Waals surface area contributed by atoms with Crippen LogP contribution in [0.25, 0.3) is 0 Å². The number of nitrogens with zero attached hydrogens (tertiary/aromatic N) is 2. The van der Waals surface area contributed by atoms with Crippen molar-refractivity contribution in [3.05, 3.63) is 0 Å². The van der Waals surface area contributed by atoms with Crippen LogP contribution in [0.2, 0.25) is 0 Å². The molecule has 0 bridgehead atoms. The van der Waals surface area contributed by atoms with Crippen LogP contribution in [0.3, 0.4) is 0 Å². The Labute approximate surface area is 97.4 Å². The van der Waals surface area contributed by atoms with E-state index in [-0.39, 0.29) is 18.9 Å². The molecule has 1 aliphatic heterocycles. The first-order valence-electron chi connectivity index (χ1n) is 4.78. The predicted molar refractivity (Wildman–Crippen MR) is 48.2 cm³/mol. The van der Waals surface area contributed by atoms with E-state index in [0.717, 1.165) is 26.2 Å². The summed E-state index contributed by atoms with van der Waals surface area (Å²) >= 11 is 0. The van der Waals surface area contributed by atoms with E-state index < -0.39 is 12.0 Å². The van der Waals surface area contributed by atoms with E-state index in [1.807, 2.05) is 11.8 Å². The van der Waals surface area contributed by atoms with E-state index in [0.29, 0.717) is 6.42 Å². The van der Waals surface area contributed by atoms with Gasteiger partial charge in [0.05, 0.1) is 5.97 Å². The first-order valence-corrected chi connectivity index (χ1v) is 4.78. The van der Waals surface area contributed by atoms with E-state index in [4.69, 9.17) is 0 Å². The second-order valence-electron chi connectivity index (χ2n) is 3.58. The largest absolute Gasteiger partial charge is 1.00 e. The van der Waals surface area contributed by atoms with Crippen LogP contribution in [0.1, 0.15) is 13.3 Å².